The van der Waals surface area contributed by atoms with E-state index < -0.39 is 0 Å². The third-order valence-electron chi connectivity index (χ3n) is 5.70. The molecule has 1 saturated heterocycles. The van der Waals surface area contributed by atoms with Gasteiger partial charge in [0, 0.05) is 18.7 Å². The van der Waals surface area contributed by atoms with Gasteiger partial charge in [-0.2, -0.15) is 5.26 Å². The van der Waals surface area contributed by atoms with E-state index in [-0.39, 0.29) is 12.1 Å². The lowest BCUT2D eigenvalue weighted by Crippen LogP contribution is -2.51. The molecule has 1 aliphatic carbocycles. The van der Waals surface area contributed by atoms with Crippen molar-refractivity contribution in [3.05, 3.63) is 64.2 Å². The Balaban J connectivity index is 1.66. The van der Waals surface area contributed by atoms with Gasteiger partial charge in [-0.3, -0.25) is 4.90 Å². The third kappa shape index (κ3) is 3.82. The fraction of sp³-hybridized carbons (Fsp3) is 0.409. The summed E-state index contributed by atoms with van der Waals surface area (Å²) in [6.45, 7) is 1.98. The minimum atomic E-state index is -0.0655. The van der Waals surface area contributed by atoms with E-state index in [1.807, 2.05) is 6.07 Å². The van der Waals surface area contributed by atoms with Crippen LogP contribution in [0.2, 0.25) is 5.02 Å². The van der Waals surface area contributed by atoms with Crippen LogP contribution in [0.25, 0.3) is 0 Å². The number of nitrogens with two attached hydrogens (primary N) is 1. The van der Waals surface area contributed by atoms with Crippen molar-refractivity contribution in [3.63, 3.8) is 0 Å². The Labute approximate surface area is 165 Å². The number of nitriles is 1. The second kappa shape index (κ2) is 7.90. The van der Waals surface area contributed by atoms with E-state index in [0.717, 1.165) is 38.8 Å². The summed E-state index contributed by atoms with van der Waals surface area (Å²) in [5.74, 6) is 0.701. The van der Waals surface area contributed by atoms with E-state index in [9.17, 15) is 0 Å². The van der Waals surface area contributed by atoms with Crippen LogP contribution >= 0.6 is 11.6 Å². The molecule has 3 atom stereocenters. The fourth-order valence-electron chi connectivity index (χ4n) is 4.37. The average Bonchev–Trinajstić information content (AvgIpc) is 2.68. The van der Waals surface area contributed by atoms with Gasteiger partial charge in [0.1, 0.15) is 17.9 Å². The van der Waals surface area contributed by atoms with E-state index in [1.165, 1.54) is 11.1 Å². The lowest BCUT2D eigenvalue weighted by molar-refractivity contribution is 0.0367. The first-order valence-electron chi connectivity index (χ1n) is 9.59. The molecular weight excluding hydrogens is 358 g/mol. The quantitative estimate of drug-likeness (QED) is 0.870. The van der Waals surface area contributed by atoms with Crippen molar-refractivity contribution in [2.24, 2.45) is 5.73 Å². The van der Waals surface area contributed by atoms with Crippen molar-refractivity contribution < 1.29 is 4.74 Å². The summed E-state index contributed by atoms with van der Waals surface area (Å²) in [6, 6.07) is 16.4. The van der Waals surface area contributed by atoms with E-state index in [2.05, 4.69) is 35.2 Å². The second-order valence-electron chi connectivity index (χ2n) is 7.49. The first kappa shape index (κ1) is 18.3. The molecule has 1 heterocycles. The fourth-order valence-corrected chi connectivity index (χ4v) is 4.58. The molecule has 0 bridgehead atoms. The largest absolute Gasteiger partial charge is 0.484 e. The summed E-state index contributed by atoms with van der Waals surface area (Å²) in [5, 5.41) is 9.53. The molecule has 27 heavy (non-hydrogen) atoms. The molecule has 0 unspecified atom stereocenters. The van der Waals surface area contributed by atoms with Crippen LogP contribution in [0.15, 0.2) is 42.5 Å². The highest BCUT2D eigenvalue weighted by molar-refractivity contribution is 6.31. The van der Waals surface area contributed by atoms with E-state index in [4.69, 9.17) is 27.3 Å². The van der Waals surface area contributed by atoms with E-state index >= 15 is 0 Å². The van der Waals surface area contributed by atoms with E-state index in [1.54, 1.807) is 12.1 Å². The Morgan fingerprint density at radius 3 is 2.81 bits per heavy atom. The molecular formula is C22H24ClN3O. The van der Waals surface area contributed by atoms with Gasteiger partial charge >= 0.3 is 0 Å². The Morgan fingerprint density at radius 1 is 1.19 bits per heavy atom. The number of hydrogen-bond acceptors (Lipinski definition) is 4. The Morgan fingerprint density at radius 2 is 2.04 bits per heavy atom. The Bertz CT molecular complexity index is 863. The number of fused-ring (bicyclic) bond motifs is 1. The van der Waals surface area contributed by atoms with Gasteiger partial charge in [-0.1, -0.05) is 35.9 Å². The number of halogens is 1. The number of hydrogen-bond donors (Lipinski definition) is 1. The summed E-state index contributed by atoms with van der Waals surface area (Å²) in [4.78, 5) is 2.50. The molecule has 2 aromatic rings. The van der Waals surface area contributed by atoms with E-state index in [0.29, 0.717) is 22.4 Å². The summed E-state index contributed by atoms with van der Waals surface area (Å²) in [5.41, 5.74) is 9.30. The molecule has 4 nitrogen and oxygen atoms in total. The molecule has 0 saturated carbocycles. The SMILES string of the molecule is N#Cc1ccc(O[C@H]2c3ccccc3CC[C@@H]2N2CCC[C@H](N)C2)cc1Cl. The standard InChI is InChI=1S/C22H24ClN3O/c23-20-12-18(9-7-16(20)13-24)27-22-19-6-2-1-4-15(19)8-10-21(22)26-11-3-5-17(25)14-26/h1-2,4,6-7,9,12,17,21-22H,3,5,8,10-11,14,25H2/t17-,21-,22-/m0/s1. The molecule has 0 aromatic heterocycles. The molecule has 1 fully saturated rings. The van der Waals surface area contributed by atoms with Crippen molar-refractivity contribution in [2.75, 3.05) is 13.1 Å². The number of piperidine rings is 1. The molecule has 2 N–H and O–H groups in total. The maximum atomic E-state index is 9.10. The topological polar surface area (TPSA) is 62.3 Å². The number of nitrogens with zero attached hydrogens (tertiary/aromatic N) is 2. The molecule has 140 valence electrons. The lowest BCUT2D eigenvalue weighted by Gasteiger charge is -2.43. The average molecular weight is 382 g/mol. The summed E-state index contributed by atoms with van der Waals surface area (Å²) in [6.07, 6.45) is 4.27. The van der Waals surface area contributed by atoms with Crippen LogP contribution in [-0.2, 0) is 6.42 Å². The van der Waals surface area contributed by atoms with Crippen LogP contribution in [0, 0.1) is 11.3 Å². The van der Waals surface area contributed by atoms with Crippen molar-refractivity contribution in [1.29, 1.82) is 5.26 Å². The minimum absolute atomic E-state index is 0.0655. The van der Waals surface area contributed by atoms with Gasteiger partial charge in [-0.25, -0.2) is 0 Å². The summed E-state index contributed by atoms with van der Waals surface area (Å²) < 4.78 is 6.49. The Kier molecular flexibility index (Phi) is 5.36. The minimum Gasteiger partial charge on any atom is -0.484 e. The van der Waals surface area contributed by atoms with Crippen LogP contribution in [0.5, 0.6) is 5.75 Å². The highest BCUT2D eigenvalue weighted by Gasteiger charge is 2.36. The zero-order valence-corrected chi connectivity index (χ0v) is 16.0. The Hall–Kier alpha value is -2.06. The molecule has 5 heteroatoms. The highest BCUT2D eigenvalue weighted by atomic mass is 35.5. The number of likely N-dealkylation sites (tertiary alicyclic amines) is 1. The molecule has 1 aliphatic heterocycles. The van der Waals surface area contributed by atoms with Crippen LogP contribution in [0.3, 0.4) is 0 Å². The monoisotopic (exact) mass is 381 g/mol. The lowest BCUT2D eigenvalue weighted by atomic mass is 9.84. The van der Waals surface area contributed by atoms with Gasteiger partial charge in [0.25, 0.3) is 0 Å². The maximum absolute atomic E-state index is 9.10. The van der Waals surface area contributed by atoms with Crippen LogP contribution in [0.1, 0.15) is 42.1 Å². The number of rotatable bonds is 3. The molecule has 4 rings (SSSR count). The predicted octanol–water partition coefficient (Wildman–Crippen LogP) is 4.07. The smallest absolute Gasteiger partial charge is 0.139 e. The van der Waals surface area contributed by atoms with Gasteiger partial charge in [0.05, 0.1) is 16.6 Å². The van der Waals surface area contributed by atoms with Gasteiger partial charge in [-0.15, -0.1) is 0 Å². The van der Waals surface area contributed by atoms with Gasteiger partial charge in [0.15, 0.2) is 0 Å². The first-order chi connectivity index (χ1) is 13.2. The van der Waals surface area contributed by atoms with Crippen molar-refractivity contribution >= 4 is 11.6 Å². The molecule has 2 aliphatic rings. The van der Waals surface area contributed by atoms with Crippen LogP contribution in [-0.4, -0.2) is 30.1 Å². The van der Waals surface area contributed by atoms with Crippen LogP contribution in [0.4, 0.5) is 0 Å². The van der Waals surface area contributed by atoms with Crippen molar-refractivity contribution in [1.82, 2.24) is 4.90 Å². The molecule has 0 amide bonds. The zero-order valence-electron chi connectivity index (χ0n) is 15.3. The molecule has 0 spiro atoms. The van der Waals surface area contributed by atoms with Crippen LogP contribution < -0.4 is 10.5 Å². The highest BCUT2D eigenvalue weighted by Crippen LogP contribution is 2.38. The van der Waals surface area contributed by atoms with Crippen molar-refractivity contribution in [2.45, 2.75) is 43.9 Å². The summed E-state index contributed by atoms with van der Waals surface area (Å²) >= 11 is 6.22. The number of ether oxygens (including phenoxy) is 1. The van der Waals surface area contributed by atoms with Gasteiger partial charge in [-0.05, 0) is 55.5 Å². The first-order valence-corrected chi connectivity index (χ1v) is 9.97. The maximum Gasteiger partial charge on any atom is 0.139 e. The second-order valence-corrected chi connectivity index (χ2v) is 7.90. The van der Waals surface area contributed by atoms with Gasteiger partial charge in [0.2, 0.25) is 0 Å². The summed E-state index contributed by atoms with van der Waals surface area (Å²) in [7, 11) is 0. The number of benzene rings is 2. The predicted molar refractivity (Wildman–Crippen MR) is 107 cm³/mol. The molecule has 0 radical (unpaired) electrons. The normalized spacial score (nSPS) is 25.4. The number of aryl methyl sites for hydroxylation is 1. The zero-order chi connectivity index (χ0) is 18.8. The van der Waals surface area contributed by atoms with Crippen molar-refractivity contribution in [3.8, 4) is 11.8 Å². The molecule has 2 aromatic carbocycles. The third-order valence-corrected chi connectivity index (χ3v) is 6.02. The van der Waals surface area contributed by atoms with Gasteiger partial charge < -0.3 is 10.5 Å².